The third kappa shape index (κ3) is 2.80. The molecule has 2 aromatic rings. The van der Waals surface area contributed by atoms with Crippen molar-refractivity contribution in [3.05, 3.63) is 58.3 Å². The van der Waals surface area contributed by atoms with Gasteiger partial charge in [-0.1, -0.05) is 36.4 Å². The molecule has 0 saturated heterocycles. The molecule has 1 amide bonds. The van der Waals surface area contributed by atoms with E-state index in [1.165, 1.54) is 5.56 Å². The molecule has 1 aromatic carbocycles. The Kier molecular flexibility index (Phi) is 3.65. The second kappa shape index (κ2) is 5.59. The molecular formula is C16H16N2OS. The minimum Gasteiger partial charge on any atom is -0.273 e. The molecule has 3 rings (SSSR count). The molecule has 0 aliphatic heterocycles. The van der Waals surface area contributed by atoms with Gasteiger partial charge in [0.15, 0.2) is 0 Å². The number of thiophene rings is 1. The van der Waals surface area contributed by atoms with Crippen LogP contribution in [0.25, 0.3) is 0 Å². The number of hydrogen-bond donors (Lipinski definition) is 1. The second-order valence-corrected chi connectivity index (χ2v) is 5.96. The number of nitrogens with zero attached hydrogens (tertiary/aromatic N) is 1. The van der Waals surface area contributed by atoms with Crippen molar-refractivity contribution in [2.45, 2.75) is 19.3 Å². The zero-order chi connectivity index (χ0) is 13.9. The summed E-state index contributed by atoms with van der Waals surface area (Å²) in [5.41, 5.74) is 4.78. The van der Waals surface area contributed by atoms with Crippen LogP contribution < -0.4 is 5.43 Å². The van der Waals surface area contributed by atoms with Gasteiger partial charge in [-0.15, -0.1) is 11.3 Å². The summed E-state index contributed by atoms with van der Waals surface area (Å²) < 4.78 is 0. The number of benzene rings is 1. The van der Waals surface area contributed by atoms with E-state index in [9.17, 15) is 4.79 Å². The largest absolute Gasteiger partial charge is 0.273 e. The predicted molar refractivity (Wildman–Crippen MR) is 82.0 cm³/mol. The molecule has 102 valence electrons. The van der Waals surface area contributed by atoms with Crippen LogP contribution in [0.5, 0.6) is 0 Å². The van der Waals surface area contributed by atoms with Crippen molar-refractivity contribution in [2.75, 3.05) is 0 Å². The standard InChI is InChI=1S/C16H16N2OS/c1-11(15-8-5-9-20-15)17-18-16(19)14-10-13(14)12-6-3-2-4-7-12/h2-9,13-14H,10H2,1H3,(H,18,19)/b17-11+/t13-,14-/m0/s1. The fraction of sp³-hybridized carbons (Fsp3) is 0.250. The molecule has 1 saturated carbocycles. The lowest BCUT2D eigenvalue weighted by atomic mass is 10.1. The molecular weight excluding hydrogens is 268 g/mol. The molecule has 0 bridgehead atoms. The van der Waals surface area contributed by atoms with Crippen LogP contribution in [0.15, 0.2) is 52.9 Å². The first kappa shape index (κ1) is 13.1. The summed E-state index contributed by atoms with van der Waals surface area (Å²) in [5.74, 6) is 0.445. The Hall–Kier alpha value is -1.94. The Bertz CT molecular complexity index is 619. The summed E-state index contributed by atoms with van der Waals surface area (Å²) in [6.07, 6.45) is 0.920. The molecule has 2 atom stereocenters. The minimum atomic E-state index is 0.0229. The highest BCUT2D eigenvalue weighted by Crippen LogP contribution is 2.47. The lowest BCUT2D eigenvalue weighted by Crippen LogP contribution is -2.21. The maximum atomic E-state index is 12.0. The molecule has 1 aliphatic rings. The van der Waals surface area contributed by atoms with Crippen molar-refractivity contribution in [3.63, 3.8) is 0 Å². The molecule has 0 radical (unpaired) electrons. The normalized spacial score (nSPS) is 21.6. The minimum absolute atomic E-state index is 0.0229. The molecule has 20 heavy (non-hydrogen) atoms. The van der Waals surface area contributed by atoms with E-state index in [0.29, 0.717) is 5.92 Å². The highest BCUT2D eigenvalue weighted by Gasteiger charge is 2.43. The van der Waals surface area contributed by atoms with E-state index in [4.69, 9.17) is 0 Å². The van der Waals surface area contributed by atoms with E-state index in [-0.39, 0.29) is 11.8 Å². The van der Waals surface area contributed by atoms with Gasteiger partial charge in [0, 0.05) is 10.8 Å². The highest BCUT2D eigenvalue weighted by atomic mass is 32.1. The van der Waals surface area contributed by atoms with Gasteiger partial charge in [-0.05, 0) is 36.3 Å². The smallest absolute Gasteiger partial charge is 0.243 e. The van der Waals surface area contributed by atoms with Crippen molar-refractivity contribution in [1.29, 1.82) is 0 Å². The van der Waals surface area contributed by atoms with E-state index in [1.807, 2.05) is 42.6 Å². The summed E-state index contributed by atoms with van der Waals surface area (Å²) in [6.45, 7) is 1.91. The molecule has 4 heteroatoms. The van der Waals surface area contributed by atoms with Crippen molar-refractivity contribution in [1.82, 2.24) is 5.43 Å². The van der Waals surface area contributed by atoms with Gasteiger partial charge in [0.05, 0.1) is 5.71 Å². The van der Waals surface area contributed by atoms with Gasteiger partial charge in [0.25, 0.3) is 0 Å². The number of carbonyl (C=O) groups is 1. The molecule has 1 N–H and O–H groups in total. The Balaban J connectivity index is 1.58. The Labute approximate surface area is 122 Å². The van der Waals surface area contributed by atoms with Gasteiger partial charge in [0.2, 0.25) is 5.91 Å². The quantitative estimate of drug-likeness (QED) is 0.678. The first-order valence-corrected chi connectivity index (χ1v) is 7.56. The zero-order valence-corrected chi connectivity index (χ0v) is 12.1. The van der Waals surface area contributed by atoms with E-state index in [1.54, 1.807) is 11.3 Å². The maximum absolute atomic E-state index is 12.0. The van der Waals surface area contributed by atoms with Crippen LogP contribution in [-0.4, -0.2) is 11.6 Å². The van der Waals surface area contributed by atoms with Crippen LogP contribution in [0.2, 0.25) is 0 Å². The fourth-order valence-corrected chi connectivity index (χ4v) is 2.99. The second-order valence-electron chi connectivity index (χ2n) is 5.01. The molecule has 0 spiro atoms. The van der Waals surface area contributed by atoms with Crippen molar-refractivity contribution in [2.24, 2.45) is 11.0 Å². The van der Waals surface area contributed by atoms with Gasteiger partial charge in [0.1, 0.15) is 0 Å². The molecule has 3 nitrogen and oxygen atoms in total. The summed E-state index contributed by atoms with van der Waals surface area (Å²) in [6, 6.07) is 14.2. The Morgan fingerprint density at radius 1 is 1.25 bits per heavy atom. The molecule has 0 unspecified atom stereocenters. The van der Waals surface area contributed by atoms with Crippen LogP contribution >= 0.6 is 11.3 Å². The summed E-state index contributed by atoms with van der Waals surface area (Å²) >= 11 is 1.62. The number of hydrazone groups is 1. The van der Waals surface area contributed by atoms with Crippen LogP contribution in [-0.2, 0) is 4.79 Å². The third-order valence-electron chi connectivity index (χ3n) is 3.57. The number of nitrogens with one attached hydrogen (secondary N) is 1. The maximum Gasteiger partial charge on any atom is 0.243 e. The number of rotatable bonds is 4. The van der Waals surface area contributed by atoms with Gasteiger partial charge in [-0.2, -0.15) is 5.10 Å². The number of amides is 1. The van der Waals surface area contributed by atoms with Crippen molar-refractivity contribution in [3.8, 4) is 0 Å². The van der Waals surface area contributed by atoms with Gasteiger partial charge >= 0.3 is 0 Å². The fourth-order valence-electron chi connectivity index (χ4n) is 2.31. The van der Waals surface area contributed by atoms with E-state index in [0.717, 1.165) is 17.0 Å². The number of carbonyl (C=O) groups excluding carboxylic acids is 1. The van der Waals surface area contributed by atoms with Crippen molar-refractivity contribution < 1.29 is 4.79 Å². The molecule has 1 aromatic heterocycles. The number of hydrogen-bond acceptors (Lipinski definition) is 3. The summed E-state index contributed by atoms with van der Waals surface area (Å²) in [4.78, 5) is 13.1. The SMILES string of the molecule is C/C(=N\NC(=O)[C@H]1C[C@H]1c1ccccc1)c1cccs1. The third-order valence-corrected chi connectivity index (χ3v) is 4.55. The average Bonchev–Trinajstić information content (AvgIpc) is 3.10. The van der Waals surface area contributed by atoms with Gasteiger partial charge in [-0.25, -0.2) is 5.43 Å². The highest BCUT2D eigenvalue weighted by molar-refractivity contribution is 7.12. The van der Waals surface area contributed by atoms with Gasteiger partial charge < -0.3 is 0 Å². The Morgan fingerprint density at radius 2 is 2.05 bits per heavy atom. The summed E-state index contributed by atoms with van der Waals surface area (Å²) in [7, 11) is 0. The van der Waals surface area contributed by atoms with Crippen LogP contribution in [0, 0.1) is 5.92 Å². The van der Waals surface area contributed by atoms with E-state index < -0.39 is 0 Å². The first-order chi connectivity index (χ1) is 9.75. The zero-order valence-electron chi connectivity index (χ0n) is 11.2. The lowest BCUT2D eigenvalue weighted by Gasteiger charge is -2.01. The monoisotopic (exact) mass is 284 g/mol. The summed E-state index contributed by atoms with van der Waals surface area (Å²) in [5, 5.41) is 6.19. The first-order valence-electron chi connectivity index (χ1n) is 6.68. The van der Waals surface area contributed by atoms with Crippen LogP contribution in [0.1, 0.15) is 29.7 Å². The van der Waals surface area contributed by atoms with Crippen molar-refractivity contribution >= 4 is 23.0 Å². The van der Waals surface area contributed by atoms with Crippen LogP contribution in [0.4, 0.5) is 0 Å². The molecule has 1 fully saturated rings. The van der Waals surface area contributed by atoms with Gasteiger partial charge in [-0.3, -0.25) is 4.79 Å². The van der Waals surface area contributed by atoms with Crippen LogP contribution in [0.3, 0.4) is 0 Å². The predicted octanol–water partition coefficient (Wildman–Crippen LogP) is 3.39. The topological polar surface area (TPSA) is 41.5 Å². The average molecular weight is 284 g/mol. The lowest BCUT2D eigenvalue weighted by molar-refractivity contribution is -0.122. The molecule has 1 aliphatic carbocycles. The molecule has 1 heterocycles. The Morgan fingerprint density at radius 3 is 2.75 bits per heavy atom. The van der Waals surface area contributed by atoms with E-state index in [2.05, 4.69) is 22.7 Å². The van der Waals surface area contributed by atoms with E-state index >= 15 is 0 Å².